The number of hydrogen-bond donors (Lipinski definition) is 1. The predicted octanol–water partition coefficient (Wildman–Crippen LogP) is 5.31. The lowest BCUT2D eigenvalue weighted by molar-refractivity contribution is -0.385. The molecule has 0 bridgehead atoms. The van der Waals surface area contributed by atoms with E-state index in [1.54, 1.807) is 30.3 Å². The van der Waals surface area contributed by atoms with Crippen molar-refractivity contribution in [3.63, 3.8) is 0 Å². The van der Waals surface area contributed by atoms with E-state index < -0.39 is 16.8 Å². The van der Waals surface area contributed by atoms with Gasteiger partial charge >= 0.3 is 11.8 Å². The first-order chi connectivity index (χ1) is 16.7. The zero-order valence-electron chi connectivity index (χ0n) is 18.7. The average Bonchev–Trinajstić information content (AvgIpc) is 2.83. The lowest BCUT2D eigenvalue weighted by Crippen LogP contribution is -2.29. The van der Waals surface area contributed by atoms with Gasteiger partial charge in [-0.2, -0.15) is 0 Å². The van der Waals surface area contributed by atoms with Gasteiger partial charge in [0.1, 0.15) is 23.1 Å². The molecule has 2 aromatic carbocycles. The van der Waals surface area contributed by atoms with Crippen molar-refractivity contribution in [1.29, 1.82) is 0 Å². The maximum absolute atomic E-state index is 14.4. The van der Waals surface area contributed by atoms with Crippen molar-refractivity contribution in [2.24, 2.45) is 0 Å². The number of nitro groups is 1. The molecule has 3 rings (SSSR count). The molecule has 10 nitrogen and oxygen atoms in total. The zero-order chi connectivity index (χ0) is 25.5. The Labute approximate surface area is 208 Å². The second-order valence-corrected chi connectivity index (χ2v) is 8.05. The van der Waals surface area contributed by atoms with Gasteiger partial charge in [-0.05, 0) is 57.4 Å². The van der Waals surface area contributed by atoms with Gasteiger partial charge in [0, 0.05) is 6.07 Å². The summed E-state index contributed by atoms with van der Waals surface area (Å²) in [6, 6.07) is 12.1. The van der Waals surface area contributed by atoms with E-state index in [1.165, 1.54) is 26.4 Å². The van der Waals surface area contributed by atoms with Gasteiger partial charge in [0.2, 0.25) is 5.75 Å². The summed E-state index contributed by atoms with van der Waals surface area (Å²) in [6.07, 6.45) is -1.26. The van der Waals surface area contributed by atoms with E-state index in [2.05, 4.69) is 20.9 Å². The minimum absolute atomic E-state index is 0.0121. The highest BCUT2D eigenvalue weighted by Gasteiger charge is 2.21. The SMILES string of the molecule is COc1ccc(CN(C(=O)O)c2ccc(F)c(COCc3cc(Br)c(OC)c([N+](=O)[O-])c3)n2)cc1. The Balaban J connectivity index is 1.75. The second kappa shape index (κ2) is 11.6. The molecule has 3 aromatic rings. The average molecular weight is 550 g/mol. The quantitative estimate of drug-likeness (QED) is 0.266. The van der Waals surface area contributed by atoms with Crippen molar-refractivity contribution >= 4 is 33.5 Å². The number of hydrogen-bond acceptors (Lipinski definition) is 7. The van der Waals surface area contributed by atoms with Gasteiger partial charge in [-0.15, -0.1) is 0 Å². The number of anilines is 1. The summed E-state index contributed by atoms with van der Waals surface area (Å²) < 4.78 is 30.4. The Morgan fingerprint density at radius 3 is 2.43 bits per heavy atom. The first-order valence-electron chi connectivity index (χ1n) is 10.1. The van der Waals surface area contributed by atoms with Crippen LogP contribution in [-0.2, 0) is 24.5 Å². The Hall–Kier alpha value is -3.77. The molecule has 0 radical (unpaired) electrons. The molecular formula is C23H21BrFN3O7. The number of amides is 1. The fraction of sp³-hybridized carbons (Fsp3) is 0.217. The van der Waals surface area contributed by atoms with E-state index in [-0.39, 0.29) is 42.7 Å². The molecule has 1 aromatic heterocycles. The van der Waals surface area contributed by atoms with Gasteiger partial charge in [0.05, 0.1) is 43.4 Å². The van der Waals surface area contributed by atoms with Gasteiger partial charge in [-0.25, -0.2) is 14.2 Å². The number of halogens is 2. The maximum Gasteiger partial charge on any atom is 0.413 e. The monoisotopic (exact) mass is 549 g/mol. The van der Waals surface area contributed by atoms with Crippen molar-refractivity contribution in [3.8, 4) is 11.5 Å². The highest BCUT2D eigenvalue weighted by Crippen LogP contribution is 2.36. The van der Waals surface area contributed by atoms with Crippen LogP contribution in [0.1, 0.15) is 16.8 Å². The summed E-state index contributed by atoms with van der Waals surface area (Å²) in [4.78, 5) is 27.7. The smallest absolute Gasteiger partial charge is 0.413 e. The van der Waals surface area contributed by atoms with E-state index in [4.69, 9.17) is 14.2 Å². The first kappa shape index (κ1) is 25.8. The molecule has 12 heteroatoms. The molecule has 35 heavy (non-hydrogen) atoms. The van der Waals surface area contributed by atoms with Crippen LogP contribution in [0.25, 0.3) is 0 Å². The van der Waals surface area contributed by atoms with Crippen LogP contribution in [-0.4, -0.2) is 35.3 Å². The third-order valence-electron chi connectivity index (χ3n) is 4.90. The number of rotatable bonds is 10. The number of nitrogens with zero attached hydrogens (tertiary/aromatic N) is 3. The molecule has 0 saturated carbocycles. The summed E-state index contributed by atoms with van der Waals surface area (Å²) in [5, 5.41) is 21.0. The second-order valence-electron chi connectivity index (χ2n) is 7.19. The number of nitro benzene ring substituents is 1. The molecule has 0 aliphatic carbocycles. The summed E-state index contributed by atoms with van der Waals surface area (Å²) in [5.41, 5.74) is 0.782. The topological polar surface area (TPSA) is 124 Å². The fourth-order valence-electron chi connectivity index (χ4n) is 3.20. The van der Waals surface area contributed by atoms with Gasteiger partial charge in [-0.1, -0.05) is 12.1 Å². The molecule has 0 saturated heterocycles. The van der Waals surface area contributed by atoms with E-state index in [0.717, 1.165) is 11.0 Å². The standard InChI is InChI=1S/C23H21BrFN3O7/c1-33-16-5-3-14(4-6-16)11-27(23(29)30)21-8-7-18(25)19(26-21)13-35-12-15-9-17(24)22(34-2)20(10-15)28(31)32/h3-10H,11-13H2,1-2H3,(H,29,30). The van der Waals surface area contributed by atoms with Gasteiger partial charge in [-0.3, -0.25) is 15.0 Å². The number of aromatic nitrogens is 1. The molecule has 184 valence electrons. The van der Waals surface area contributed by atoms with E-state index in [9.17, 15) is 24.4 Å². The molecule has 1 N–H and O–H groups in total. The van der Waals surface area contributed by atoms with Crippen LogP contribution in [0.4, 0.5) is 20.7 Å². The summed E-state index contributed by atoms with van der Waals surface area (Å²) >= 11 is 3.22. The highest BCUT2D eigenvalue weighted by atomic mass is 79.9. The van der Waals surface area contributed by atoms with Crippen LogP contribution >= 0.6 is 15.9 Å². The normalized spacial score (nSPS) is 10.6. The Morgan fingerprint density at radius 1 is 1.11 bits per heavy atom. The number of pyridine rings is 1. The maximum atomic E-state index is 14.4. The van der Waals surface area contributed by atoms with Crippen molar-refractivity contribution in [3.05, 3.63) is 85.8 Å². The highest BCUT2D eigenvalue weighted by molar-refractivity contribution is 9.10. The summed E-state index contributed by atoms with van der Waals surface area (Å²) in [6.45, 7) is -0.377. The molecule has 0 aliphatic heterocycles. The number of carbonyl (C=O) groups is 1. The third-order valence-corrected chi connectivity index (χ3v) is 5.49. The molecule has 0 unspecified atom stereocenters. The molecule has 0 fully saturated rings. The number of ether oxygens (including phenoxy) is 3. The molecule has 1 heterocycles. The van der Waals surface area contributed by atoms with Crippen LogP contribution in [0.3, 0.4) is 0 Å². The van der Waals surface area contributed by atoms with Crippen molar-refractivity contribution in [2.45, 2.75) is 19.8 Å². The first-order valence-corrected chi connectivity index (χ1v) is 10.9. The van der Waals surface area contributed by atoms with Gasteiger partial charge in [0.25, 0.3) is 0 Å². The van der Waals surface area contributed by atoms with Gasteiger partial charge in [0.15, 0.2) is 0 Å². The Morgan fingerprint density at radius 2 is 1.83 bits per heavy atom. The zero-order valence-corrected chi connectivity index (χ0v) is 20.3. The Kier molecular flexibility index (Phi) is 8.55. The van der Waals surface area contributed by atoms with Crippen LogP contribution < -0.4 is 14.4 Å². The van der Waals surface area contributed by atoms with E-state index in [0.29, 0.717) is 21.3 Å². The fourth-order valence-corrected chi connectivity index (χ4v) is 3.86. The van der Waals surface area contributed by atoms with E-state index >= 15 is 0 Å². The Bertz CT molecular complexity index is 1220. The minimum atomic E-state index is -1.26. The van der Waals surface area contributed by atoms with Crippen LogP contribution in [0.15, 0.2) is 53.0 Å². The van der Waals surface area contributed by atoms with Crippen LogP contribution in [0.5, 0.6) is 11.5 Å². The molecular weight excluding hydrogens is 529 g/mol. The summed E-state index contributed by atoms with van der Waals surface area (Å²) in [7, 11) is 2.85. The minimum Gasteiger partial charge on any atom is -0.497 e. The number of methoxy groups -OCH3 is 2. The third kappa shape index (κ3) is 6.43. The van der Waals surface area contributed by atoms with Crippen LogP contribution in [0.2, 0.25) is 0 Å². The molecule has 0 spiro atoms. The number of benzene rings is 2. The van der Waals surface area contributed by atoms with Crippen LogP contribution in [0, 0.1) is 15.9 Å². The lowest BCUT2D eigenvalue weighted by atomic mass is 10.2. The molecule has 1 amide bonds. The summed E-state index contributed by atoms with van der Waals surface area (Å²) in [5.74, 6) is 0.0514. The molecule has 0 atom stereocenters. The van der Waals surface area contributed by atoms with E-state index in [1.807, 2.05) is 0 Å². The number of carboxylic acid groups (broad SMARTS) is 1. The van der Waals surface area contributed by atoms with Crippen molar-refractivity contribution in [1.82, 2.24) is 4.98 Å². The largest absolute Gasteiger partial charge is 0.497 e. The van der Waals surface area contributed by atoms with Gasteiger partial charge < -0.3 is 19.3 Å². The van der Waals surface area contributed by atoms with Crippen molar-refractivity contribution in [2.75, 3.05) is 19.1 Å². The predicted molar refractivity (Wildman–Crippen MR) is 127 cm³/mol. The lowest BCUT2D eigenvalue weighted by Gasteiger charge is -2.19. The van der Waals surface area contributed by atoms with Crippen molar-refractivity contribution < 1.29 is 33.4 Å². The molecule has 0 aliphatic rings.